The van der Waals surface area contributed by atoms with Gasteiger partial charge in [0.15, 0.2) is 0 Å². The van der Waals surface area contributed by atoms with E-state index >= 15 is 0 Å². The van der Waals surface area contributed by atoms with E-state index in [0.29, 0.717) is 13.2 Å². The minimum atomic E-state index is 0.145. The monoisotopic (exact) mass is 117 g/mol. The van der Waals surface area contributed by atoms with Gasteiger partial charge in [-0.15, -0.1) is 0 Å². The summed E-state index contributed by atoms with van der Waals surface area (Å²) in [6.45, 7) is 4.26. The topological polar surface area (TPSA) is 36.7 Å². The van der Waals surface area contributed by atoms with Gasteiger partial charge < -0.3 is 15.0 Å². The SMILES string of the molecule is C=COCC[NH+](C)[O-]. The zero-order valence-corrected chi connectivity index (χ0v) is 5.02. The van der Waals surface area contributed by atoms with Crippen molar-refractivity contribution >= 4 is 0 Å². The standard InChI is InChI=1S/C5H11NO2/c1-3-8-5-4-6(2)7/h3,6H,1,4-5H2,2H3. The largest absolute Gasteiger partial charge is 0.634 e. The Kier molecular flexibility index (Phi) is 4.30. The van der Waals surface area contributed by atoms with Crippen molar-refractivity contribution in [3.63, 3.8) is 0 Å². The molecule has 0 spiro atoms. The van der Waals surface area contributed by atoms with Crippen molar-refractivity contribution in [1.82, 2.24) is 0 Å². The number of quaternary nitrogens is 1. The Bertz CT molecular complexity index is 63.4. The molecule has 1 unspecified atom stereocenters. The first kappa shape index (κ1) is 7.46. The molecular formula is C5H11NO2. The molecule has 0 aliphatic heterocycles. The Morgan fingerprint density at radius 2 is 2.50 bits per heavy atom. The fourth-order valence-corrected chi connectivity index (χ4v) is 0.286. The van der Waals surface area contributed by atoms with Crippen LogP contribution in [0.5, 0.6) is 0 Å². The fourth-order valence-electron chi connectivity index (χ4n) is 0.286. The van der Waals surface area contributed by atoms with Gasteiger partial charge in [0.25, 0.3) is 0 Å². The maximum Gasteiger partial charge on any atom is 0.136 e. The normalized spacial score (nSPS) is 12.8. The molecule has 48 valence electrons. The van der Waals surface area contributed by atoms with Gasteiger partial charge >= 0.3 is 0 Å². The van der Waals surface area contributed by atoms with Crippen molar-refractivity contribution in [1.29, 1.82) is 0 Å². The van der Waals surface area contributed by atoms with E-state index in [4.69, 9.17) is 0 Å². The van der Waals surface area contributed by atoms with Crippen LogP contribution in [0.1, 0.15) is 0 Å². The molecule has 0 aliphatic rings. The maximum atomic E-state index is 10.2. The lowest BCUT2D eigenvalue weighted by Gasteiger charge is -2.14. The average molecular weight is 117 g/mol. The van der Waals surface area contributed by atoms with Crippen molar-refractivity contribution in [3.05, 3.63) is 18.0 Å². The molecule has 0 amide bonds. The third-order valence-corrected chi connectivity index (χ3v) is 0.690. The van der Waals surface area contributed by atoms with E-state index in [9.17, 15) is 5.21 Å². The molecule has 1 N–H and O–H groups in total. The van der Waals surface area contributed by atoms with Gasteiger partial charge in [0.2, 0.25) is 0 Å². The second kappa shape index (κ2) is 4.61. The van der Waals surface area contributed by atoms with Crippen LogP contribution in [0.3, 0.4) is 0 Å². The van der Waals surface area contributed by atoms with Gasteiger partial charge in [0.05, 0.1) is 13.3 Å². The quantitative estimate of drug-likeness (QED) is 0.296. The fraction of sp³-hybridized carbons (Fsp3) is 0.600. The molecule has 0 heterocycles. The lowest BCUT2D eigenvalue weighted by atomic mass is 10.7. The van der Waals surface area contributed by atoms with E-state index in [1.165, 1.54) is 13.3 Å². The Labute approximate surface area is 49.1 Å². The van der Waals surface area contributed by atoms with E-state index < -0.39 is 0 Å². The van der Waals surface area contributed by atoms with E-state index in [2.05, 4.69) is 11.3 Å². The summed E-state index contributed by atoms with van der Waals surface area (Å²) in [6.07, 6.45) is 1.34. The molecule has 3 nitrogen and oxygen atoms in total. The summed E-state index contributed by atoms with van der Waals surface area (Å²) in [6, 6.07) is 0. The smallest absolute Gasteiger partial charge is 0.136 e. The predicted octanol–water partition coefficient (Wildman–Crippen LogP) is -0.841. The first-order valence-corrected chi connectivity index (χ1v) is 2.49. The Morgan fingerprint density at radius 1 is 1.88 bits per heavy atom. The molecule has 0 aromatic carbocycles. The maximum absolute atomic E-state index is 10.2. The van der Waals surface area contributed by atoms with Crippen LogP contribution in [0.2, 0.25) is 0 Å². The lowest BCUT2D eigenvalue weighted by molar-refractivity contribution is -0.826. The van der Waals surface area contributed by atoms with Crippen molar-refractivity contribution < 1.29 is 9.80 Å². The molecule has 3 heteroatoms. The summed E-state index contributed by atoms with van der Waals surface area (Å²) >= 11 is 0. The minimum Gasteiger partial charge on any atom is -0.634 e. The van der Waals surface area contributed by atoms with E-state index in [0.717, 1.165) is 0 Å². The number of hydroxylamine groups is 2. The highest BCUT2D eigenvalue weighted by atomic mass is 16.5. The lowest BCUT2D eigenvalue weighted by Crippen LogP contribution is -3.04. The molecular weight excluding hydrogens is 106 g/mol. The highest BCUT2D eigenvalue weighted by Gasteiger charge is 1.84. The van der Waals surface area contributed by atoms with Crippen molar-refractivity contribution in [3.8, 4) is 0 Å². The van der Waals surface area contributed by atoms with Gasteiger partial charge in [0, 0.05) is 0 Å². The Morgan fingerprint density at radius 3 is 2.88 bits per heavy atom. The second-order valence-electron chi connectivity index (χ2n) is 1.49. The van der Waals surface area contributed by atoms with Crippen LogP contribution in [0.25, 0.3) is 0 Å². The third kappa shape index (κ3) is 5.46. The Hall–Kier alpha value is -0.540. The van der Waals surface area contributed by atoms with Crippen molar-refractivity contribution in [2.45, 2.75) is 0 Å². The summed E-state index contributed by atoms with van der Waals surface area (Å²) in [5.74, 6) is 0. The first-order valence-electron chi connectivity index (χ1n) is 2.49. The van der Waals surface area contributed by atoms with Crippen LogP contribution in [-0.2, 0) is 4.74 Å². The molecule has 0 saturated carbocycles. The summed E-state index contributed by atoms with van der Waals surface area (Å²) in [5.41, 5.74) is 0. The Balaban J connectivity index is 2.81. The number of ether oxygens (including phenoxy) is 1. The van der Waals surface area contributed by atoms with E-state index in [-0.39, 0.29) is 5.06 Å². The van der Waals surface area contributed by atoms with Crippen LogP contribution in [0.15, 0.2) is 12.8 Å². The van der Waals surface area contributed by atoms with Crippen LogP contribution >= 0.6 is 0 Å². The number of nitrogens with one attached hydrogen (secondary N) is 1. The van der Waals surface area contributed by atoms with Gasteiger partial charge in [-0.2, -0.15) is 0 Å². The second-order valence-corrected chi connectivity index (χ2v) is 1.49. The number of hydrogen-bond acceptors (Lipinski definition) is 2. The average Bonchev–Trinajstić information content (AvgIpc) is 1.66. The summed E-state index contributed by atoms with van der Waals surface area (Å²) < 4.78 is 4.69. The van der Waals surface area contributed by atoms with Crippen LogP contribution in [0.4, 0.5) is 0 Å². The van der Waals surface area contributed by atoms with Crippen LogP contribution < -0.4 is 5.06 Å². The van der Waals surface area contributed by atoms with Crippen molar-refractivity contribution in [2.75, 3.05) is 20.2 Å². The molecule has 1 atom stereocenters. The van der Waals surface area contributed by atoms with Crippen molar-refractivity contribution in [2.24, 2.45) is 0 Å². The van der Waals surface area contributed by atoms with E-state index in [1.54, 1.807) is 0 Å². The summed E-state index contributed by atoms with van der Waals surface area (Å²) in [4.78, 5) is 0. The molecule has 0 aliphatic carbocycles. The highest BCUT2D eigenvalue weighted by molar-refractivity contribution is 4.47. The predicted molar refractivity (Wildman–Crippen MR) is 31.3 cm³/mol. The summed E-state index contributed by atoms with van der Waals surface area (Å²) in [5, 5.41) is 10.3. The summed E-state index contributed by atoms with van der Waals surface area (Å²) in [7, 11) is 1.53. The minimum absolute atomic E-state index is 0.145. The van der Waals surface area contributed by atoms with Gasteiger partial charge in [-0.1, -0.05) is 6.58 Å². The highest BCUT2D eigenvalue weighted by Crippen LogP contribution is 1.65. The molecule has 0 aromatic heterocycles. The van der Waals surface area contributed by atoms with Crippen LogP contribution in [-0.4, -0.2) is 20.2 Å². The number of rotatable bonds is 4. The van der Waals surface area contributed by atoms with Gasteiger partial charge in [-0.3, -0.25) is 0 Å². The van der Waals surface area contributed by atoms with Gasteiger partial charge in [-0.25, -0.2) is 0 Å². The zero-order valence-electron chi connectivity index (χ0n) is 5.02. The van der Waals surface area contributed by atoms with Gasteiger partial charge in [-0.05, 0) is 0 Å². The molecule has 0 saturated heterocycles. The zero-order chi connectivity index (χ0) is 6.41. The number of likely N-dealkylation sites (N-methyl/N-ethyl adjacent to an activating group) is 1. The molecule has 0 aromatic rings. The third-order valence-electron chi connectivity index (χ3n) is 0.690. The first-order chi connectivity index (χ1) is 3.77. The molecule has 0 bridgehead atoms. The van der Waals surface area contributed by atoms with Gasteiger partial charge in [0.1, 0.15) is 13.2 Å². The molecule has 0 rings (SSSR count). The van der Waals surface area contributed by atoms with E-state index in [1.807, 2.05) is 0 Å². The molecule has 8 heavy (non-hydrogen) atoms. The van der Waals surface area contributed by atoms with Crippen LogP contribution in [0, 0.1) is 5.21 Å². The molecule has 0 fully saturated rings. The molecule has 0 radical (unpaired) electrons. The number of hydrogen-bond donors (Lipinski definition) is 1.